The number of nitrogens with zero attached hydrogens (tertiary/aromatic N) is 4. The molecule has 1 fully saturated rings. The van der Waals surface area contributed by atoms with Gasteiger partial charge in [0.1, 0.15) is 17.4 Å². The zero-order valence-electron chi connectivity index (χ0n) is 12.5. The molecule has 2 aromatic rings. The van der Waals surface area contributed by atoms with Crippen LogP contribution in [0.15, 0.2) is 30.3 Å². The van der Waals surface area contributed by atoms with Gasteiger partial charge in [0.05, 0.1) is 0 Å². The van der Waals surface area contributed by atoms with Crippen LogP contribution in [0.5, 0.6) is 5.75 Å². The third-order valence-corrected chi connectivity index (χ3v) is 3.77. The molecule has 1 aromatic carbocycles. The number of hydrogen-bond acceptors (Lipinski definition) is 5. The second kappa shape index (κ2) is 5.60. The minimum Gasteiger partial charge on any atom is -0.508 e. The fourth-order valence-corrected chi connectivity index (χ4v) is 2.72. The number of aromatic hydroxyl groups is 1. The Labute approximate surface area is 124 Å². The van der Waals surface area contributed by atoms with Gasteiger partial charge in [-0.15, -0.1) is 0 Å². The van der Waals surface area contributed by atoms with Crippen molar-refractivity contribution in [2.75, 3.05) is 36.0 Å². The monoisotopic (exact) mass is 284 g/mol. The molecule has 0 unspecified atom stereocenters. The molecule has 5 heteroatoms. The fraction of sp³-hybridized carbons (Fsp3) is 0.375. The molecular formula is C16H20N4O. The molecule has 1 aliphatic heterocycles. The average Bonchev–Trinajstić information content (AvgIpc) is 2.47. The van der Waals surface area contributed by atoms with Crippen molar-refractivity contribution in [1.82, 2.24) is 9.97 Å². The molecule has 0 aliphatic carbocycles. The molecule has 0 saturated carbocycles. The van der Waals surface area contributed by atoms with Gasteiger partial charge in [-0.05, 0) is 38.1 Å². The lowest BCUT2D eigenvalue weighted by molar-refractivity contribution is 0.475. The van der Waals surface area contributed by atoms with E-state index in [0.717, 1.165) is 49.2 Å². The van der Waals surface area contributed by atoms with Crippen molar-refractivity contribution < 1.29 is 5.11 Å². The maximum atomic E-state index is 9.36. The van der Waals surface area contributed by atoms with E-state index in [9.17, 15) is 5.11 Å². The van der Waals surface area contributed by atoms with Crippen LogP contribution in [0.3, 0.4) is 0 Å². The SMILES string of the molecule is Cc1cc(N2CCN(c3ccc(O)cc3)CC2)nc(C)n1. The van der Waals surface area contributed by atoms with Gasteiger partial charge >= 0.3 is 0 Å². The van der Waals surface area contributed by atoms with Gasteiger partial charge in [0.2, 0.25) is 0 Å². The van der Waals surface area contributed by atoms with E-state index in [-0.39, 0.29) is 0 Å². The Morgan fingerprint density at radius 3 is 2.14 bits per heavy atom. The second-order valence-corrected chi connectivity index (χ2v) is 5.41. The summed E-state index contributed by atoms with van der Waals surface area (Å²) >= 11 is 0. The van der Waals surface area contributed by atoms with Crippen molar-refractivity contribution in [2.24, 2.45) is 0 Å². The van der Waals surface area contributed by atoms with Crippen LogP contribution in [-0.4, -0.2) is 41.3 Å². The molecule has 1 N–H and O–H groups in total. The zero-order valence-corrected chi connectivity index (χ0v) is 12.5. The summed E-state index contributed by atoms with van der Waals surface area (Å²) in [6.45, 7) is 7.72. The number of piperazine rings is 1. The molecule has 110 valence electrons. The van der Waals surface area contributed by atoms with Crippen molar-refractivity contribution in [1.29, 1.82) is 0 Å². The third kappa shape index (κ3) is 3.07. The van der Waals surface area contributed by atoms with Crippen LogP contribution >= 0.6 is 0 Å². The van der Waals surface area contributed by atoms with Crippen molar-refractivity contribution in [3.63, 3.8) is 0 Å². The Morgan fingerprint density at radius 2 is 1.52 bits per heavy atom. The van der Waals surface area contributed by atoms with Crippen LogP contribution in [0, 0.1) is 13.8 Å². The molecule has 0 radical (unpaired) electrons. The fourth-order valence-electron chi connectivity index (χ4n) is 2.72. The smallest absolute Gasteiger partial charge is 0.132 e. The van der Waals surface area contributed by atoms with E-state index in [1.165, 1.54) is 0 Å². The number of anilines is 2. The second-order valence-electron chi connectivity index (χ2n) is 5.41. The summed E-state index contributed by atoms with van der Waals surface area (Å²) in [7, 11) is 0. The van der Waals surface area contributed by atoms with Crippen LogP contribution in [0.4, 0.5) is 11.5 Å². The predicted molar refractivity (Wildman–Crippen MR) is 84.0 cm³/mol. The van der Waals surface area contributed by atoms with Gasteiger partial charge in [-0.2, -0.15) is 0 Å². The molecule has 1 aliphatic rings. The van der Waals surface area contributed by atoms with Gasteiger partial charge in [0, 0.05) is 43.6 Å². The minimum atomic E-state index is 0.310. The van der Waals surface area contributed by atoms with Crippen LogP contribution in [0.1, 0.15) is 11.5 Å². The Hall–Kier alpha value is -2.30. The Kier molecular flexibility index (Phi) is 3.64. The van der Waals surface area contributed by atoms with Gasteiger partial charge in [0.25, 0.3) is 0 Å². The quantitative estimate of drug-likeness (QED) is 0.915. The number of phenols is 1. The standard InChI is InChI=1S/C16H20N4O/c1-12-11-16(18-13(2)17-12)20-9-7-19(8-10-20)14-3-5-15(21)6-4-14/h3-6,11,21H,7-10H2,1-2H3. The molecule has 21 heavy (non-hydrogen) atoms. The number of rotatable bonds is 2. The lowest BCUT2D eigenvalue weighted by Gasteiger charge is -2.36. The first-order valence-electron chi connectivity index (χ1n) is 7.23. The summed E-state index contributed by atoms with van der Waals surface area (Å²) in [4.78, 5) is 13.5. The van der Waals surface area contributed by atoms with E-state index < -0.39 is 0 Å². The van der Waals surface area contributed by atoms with E-state index >= 15 is 0 Å². The highest BCUT2D eigenvalue weighted by Crippen LogP contribution is 2.21. The lowest BCUT2D eigenvalue weighted by Crippen LogP contribution is -2.46. The summed E-state index contributed by atoms with van der Waals surface area (Å²) in [6.07, 6.45) is 0. The van der Waals surface area contributed by atoms with Crippen LogP contribution in [-0.2, 0) is 0 Å². The minimum absolute atomic E-state index is 0.310. The largest absolute Gasteiger partial charge is 0.508 e. The number of phenolic OH excluding ortho intramolecular Hbond substituents is 1. The predicted octanol–water partition coefficient (Wildman–Crippen LogP) is 2.13. The average molecular weight is 284 g/mol. The zero-order chi connectivity index (χ0) is 14.8. The van der Waals surface area contributed by atoms with Gasteiger partial charge in [-0.3, -0.25) is 0 Å². The lowest BCUT2D eigenvalue weighted by atomic mass is 10.2. The molecule has 1 aromatic heterocycles. The first kappa shape index (κ1) is 13.7. The van der Waals surface area contributed by atoms with E-state index in [2.05, 4.69) is 19.8 Å². The molecular weight excluding hydrogens is 264 g/mol. The Bertz CT molecular complexity index is 598. The molecule has 1 saturated heterocycles. The molecule has 2 heterocycles. The van der Waals surface area contributed by atoms with Crippen molar-refractivity contribution in [2.45, 2.75) is 13.8 Å². The maximum absolute atomic E-state index is 9.36. The third-order valence-electron chi connectivity index (χ3n) is 3.77. The summed E-state index contributed by atoms with van der Waals surface area (Å²) < 4.78 is 0. The van der Waals surface area contributed by atoms with Crippen molar-refractivity contribution in [3.8, 4) is 5.75 Å². The summed E-state index contributed by atoms with van der Waals surface area (Å²) in [6, 6.07) is 9.44. The highest BCUT2D eigenvalue weighted by atomic mass is 16.3. The summed E-state index contributed by atoms with van der Waals surface area (Å²) in [5.74, 6) is 2.15. The Balaban J connectivity index is 1.68. The number of hydrogen-bond donors (Lipinski definition) is 1. The van der Waals surface area contributed by atoms with Crippen molar-refractivity contribution in [3.05, 3.63) is 41.9 Å². The van der Waals surface area contributed by atoms with E-state index in [1.54, 1.807) is 12.1 Å². The van der Waals surface area contributed by atoms with E-state index in [4.69, 9.17) is 0 Å². The molecule has 5 nitrogen and oxygen atoms in total. The molecule has 0 atom stereocenters. The van der Waals surface area contributed by atoms with Gasteiger partial charge in [-0.25, -0.2) is 9.97 Å². The molecule has 0 amide bonds. The first-order valence-corrected chi connectivity index (χ1v) is 7.23. The van der Waals surface area contributed by atoms with Crippen LogP contribution < -0.4 is 9.80 Å². The topological polar surface area (TPSA) is 52.5 Å². The maximum Gasteiger partial charge on any atom is 0.132 e. The van der Waals surface area contributed by atoms with Crippen molar-refractivity contribution >= 4 is 11.5 Å². The van der Waals surface area contributed by atoms with E-state index in [1.807, 2.05) is 32.0 Å². The van der Waals surface area contributed by atoms with Gasteiger partial charge in [0.15, 0.2) is 0 Å². The number of aryl methyl sites for hydroxylation is 2. The Morgan fingerprint density at radius 1 is 0.905 bits per heavy atom. The summed E-state index contributed by atoms with van der Waals surface area (Å²) in [5, 5.41) is 9.36. The molecule has 0 bridgehead atoms. The summed E-state index contributed by atoms with van der Waals surface area (Å²) in [5.41, 5.74) is 2.17. The molecule has 3 rings (SSSR count). The first-order chi connectivity index (χ1) is 10.1. The highest BCUT2D eigenvalue weighted by Gasteiger charge is 2.18. The van der Waals surface area contributed by atoms with Crippen LogP contribution in [0.2, 0.25) is 0 Å². The van der Waals surface area contributed by atoms with Gasteiger partial charge in [-0.1, -0.05) is 0 Å². The van der Waals surface area contributed by atoms with Gasteiger partial charge < -0.3 is 14.9 Å². The normalized spacial score (nSPS) is 15.3. The number of aromatic nitrogens is 2. The van der Waals surface area contributed by atoms with Crippen LogP contribution in [0.25, 0.3) is 0 Å². The highest BCUT2D eigenvalue weighted by molar-refractivity contribution is 5.51. The van der Waals surface area contributed by atoms with E-state index in [0.29, 0.717) is 5.75 Å². The molecule has 0 spiro atoms. The number of benzene rings is 1.